The minimum Gasteiger partial charge on any atom is -0.300 e. The van der Waals surface area contributed by atoms with Crippen molar-refractivity contribution >= 4 is 5.78 Å². The molecule has 1 aromatic heterocycles. The SMILES string of the molecule is CC(=O)C1CCCN(Cc2cn(C)nn2)C1. The van der Waals surface area contributed by atoms with Gasteiger partial charge in [-0.2, -0.15) is 0 Å². The van der Waals surface area contributed by atoms with E-state index in [1.54, 1.807) is 11.6 Å². The highest BCUT2D eigenvalue weighted by molar-refractivity contribution is 5.78. The van der Waals surface area contributed by atoms with E-state index in [2.05, 4.69) is 15.2 Å². The van der Waals surface area contributed by atoms with E-state index in [1.807, 2.05) is 13.2 Å². The number of carbonyl (C=O) groups is 1. The first-order valence-electron chi connectivity index (χ1n) is 5.73. The van der Waals surface area contributed by atoms with Gasteiger partial charge in [0.15, 0.2) is 0 Å². The van der Waals surface area contributed by atoms with Gasteiger partial charge in [-0.3, -0.25) is 14.4 Å². The molecular weight excluding hydrogens is 204 g/mol. The van der Waals surface area contributed by atoms with Crippen LogP contribution in [-0.4, -0.2) is 38.8 Å². The van der Waals surface area contributed by atoms with Crippen LogP contribution in [0.15, 0.2) is 6.20 Å². The third-order valence-electron chi connectivity index (χ3n) is 3.12. The van der Waals surface area contributed by atoms with Crippen LogP contribution in [0.2, 0.25) is 0 Å². The van der Waals surface area contributed by atoms with E-state index in [-0.39, 0.29) is 5.92 Å². The number of carbonyl (C=O) groups excluding carboxylic acids is 1. The Morgan fingerprint density at radius 3 is 3.06 bits per heavy atom. The largest absolute Gasteiger partial charge is 0.300 e. The third kappa shape index (κ3) is 2.66. The summed E-state index contributed by atoms with van der Waals surface area (Å²) >= 11 is 0. The molecule has 1 fully saturated rings. The first-order chi connectivity index (χ1) is 7.65. The maximum Gasteiger partial charge on any atom is 0.134 e. The second-order valence-corrected chi connectivity index (χ2v) is 4.57. The average molecular weight is 222 g/mol. The van der Waals surface area contributed by atoms with Crippen molar-refractivity contribution in [3.05, 3.63) is 11.9 Å². The summed E-state index contributed by atoms with van der Waals surface area (Å²) in [6, 6.07) is 0. The fraction of sp³-hybridized carbons (Fsp3) is 0.727. The lowest BCUT2D eigenvalue weighted by Gasteiger charge is -2.30. The number of rotatable bonds is 3. The number of hydrogen-bond acceptors (Lipinski definition) is 4. The fourth-order valence-corrected chi connectivity index (χ4v) is 2.23. The molecule has 0 amide bonds. The van der Waals surface area contributed by atoms with Gasteiger partial charge in [-0.1, -0.05) is 5.21 Å². The molecule has 88 valence electrons. The van der Waals surface area contributed by atoms with Crippen molar-refractivity contribution in [2.75, 3.05) is 13.1 Å². The highest BCUT2D eigenvalue weighted by Gasteiger charge is 2.23. The normalized spacial score (nSPS) is 22.2. The summed E-state index contributed by atoms with van der Waals surface area (Å²) < 4.78 is 1.71. The fourth-order valence-electron chi connectivity index (χ4n) is 2.23. The molecule has 5 nitrogen and oxygen atoms in total. The molecule has 2 heterocycles. The number of Topliss-reactive ketones (excluding diaryl/α,β-unsaturated/α-hetero) is 1. The van der Waals surface area contributed by atoms with Crippen molar-refractivity contribution < 1.29 is 4.79 Å². The Morgan fingerprint density at radius 2 is 2.44 bits per heavy atom. The van der Waals surface area contributed by atoms with Crippen LogP contribution in [0.4, 0.5) is 0 Å². The van der Waals surface area contributed by atoms with Gasteiger partial charge in [-0.05, 0) is 26.3 Å². The van der Waals surface area contributed by atoms with Gasteiger partial charge in [0.05, 0.1) is 5.69 Å². The first kappa shape index (κ1) is 11.3. The van der Waals surface area contributed by atoms with Crippen LogP contribution in [0.3, 0.4) is 0 Å². The Hall–Kier alpha value is -1.23. The van der Waals surface area contributed by atoms with Gasteiger partial charge >= 0.3 is 0 Å². The Labute approximate surface area is 95.4 Å². The molecule has 1 aliphatic heterocycles. The van der Waals surface area contributed by atoms with Gasteiger partial charge in [0.1, 0.15) is 5.78 Å². The maximum atomic E-state index is 11.3. The van der Waals surface area contributed by atoms with Crippen molar-refractivity contribution in [3.63, 3.8) is 0 Å². The van der Waals surface area contributed by atoms with E-state index < -0.39 is 0 Å². The smallest absolute Gasteiger partial charge is 0.134 e. The van der Waals surface area contributed by atoms with Crippen LogP contribution in [0.1, 0.15) is 25.5 Å². The molecule has 1 unspecified atom stereocenters. The zero-order chi connectivity index (χ0) is 11.5. The summed E-state index contributed by atoms with van der Waals surface area (Å²) in [5.74, 6) is 0.522. The monoisotopic (exact) mass is 222 g/mol. The molecule has 0 aliphatic carbocycles. The molecule has 0 bridgehead atoms. The molecule has 1 atom stereocenters. The molecule has 0 saturated carbocycles. The molecule has 2 rings (SSSR count). The summed E-state index contributed by atoms with van der Waals surface area (Å²) in [7, 11) is 1.87. The van der Waals surface area contributed by atoms with Crippen molar-refractivity contribution in [3.8, 4) is 0 Å². The van der Waals surface area contributed by atoms with Crippen LogP contribution in [-0.2, 0) is 18.4 Å². The molecule has 1 aliphatic rings. The van der Waals surface area contributed by atoms with E-state index in [4.69, 9.17) is 0 Å². The Balaban J connectivity index is 1.92. The molecule has 1 aromatic rings. The van der Waals surface area contributed by atoms with Crippen LogP contribution in [0, 0.1) is 5.92 Å². The zero-order valence-corrected chi connectivity index (χ0v) is 9.89. The Morgan fingerprint density at radius 1 is 1.62 bits per heavy atom. The lowest BCUT2D eigenvalue weighted by atomic mass is 9.94. The number of ketones is 1. The number of piperidine rings is 1. The minimum absolute atomic E-state index is 0.213. The van der Waals surface area contributed by atoms with E-state index >= 15 is 0 Å². The van der Waals surface area contributed by atoms with Crippen molar-refractivity contribution in [1.82, 2.24) is 19.9 Å². The van der Waals surface area contributed by atoms with Crippen LogP contribution < -0.4 is 0 Å². The Kier molecular flexibility index (Phi) is 3.33. The number of likely N-dealkylation sites (tertiary alicyclic amines) is 1. The quantitative estimate of drug-likeness (QED) is 0.752. The molecular formula is C11H18N4O. The summed E-state index contributed by atoms with van der Waals surface area (Å²) in [6.45, 7) is 4.42. The molecule has 1 saturated heterocycles. The minimum atomic E-state index is 0.213. The number of hydrogen-bond donors (Lipinski definition) is 0. The van der Waals surface area contributed by atoms with Gasteiger partial charge in [-0.25, -0.2) is 0 Å². The number of aryl methyl sites for hydroxylation is 1. The summed E-state index contributed by atoms with van der Waals surface area (Å²) in [5.41, 5.74) is 0.978. The van der Waals surface area contributed by atoms with Crippen LogP contribution in [0.5, 0.6) is 0 Å². The molecule has 5 heteroatoms. The third-order valence-corrected chi connectivity index (χ3v) is 3.12. The maximum absolute atomic E-state index is 11.3. The molecule has 0 radical (unpaired) electrons. The van der Waals surface area contributed by atoms with E-state index in [1.165, 1.54) is 0 Å². The lowest BCUT2D eigenvalue weighted by Crippen LogP contribution is -2.37. The van der Waals surface area contributed by atoms with Gasteiger partial charge in [0.2, 0.25) is 0 Å². The zero-order valence-electron chi connectivity index (χ0n) is 9.89. The molecule has 0 aromatic carbocycles. The number of aromatic nitrogens is 3. The lowest BCUT2D eigenvalue weighted by molar-refractivity contribution is -0.122. The van der Waals surface area contributed by atoms with Gasteiger partial charge in [0, 0.05) is 32.3 Å². The van der Waals surface area contributed by atoms with Crippen molar-refractivity contribution in [1.29, 1.82) is 0 Å². The summed E-state index contributed by atoms with van der Waals surface area (Å²) in [5, 5.41) is 7.98. The standard InChI is InChI=1S/C11H18N4O/c1-9(16)10-4-3-5-15(6-10)8-11-7-14(2)13-12-11/h7,10H,3-6,8H2,1-2H3. The molecule has 16 heavy (non-hydrogen) atoms. The van der Waals surface area contributed by atoms with Crippen LogP contribution >= 0.6 is 0 Å². The summed E-state index contributed by atoms with van der Waals surface area (Å²) in [4.78, 5) is 13.6. The Bertz CT molecular complexity index is 374. The molecule has 0 spiro atoms. The van der Waals surface area contributed by atoms with Gasteiger partial charge in [0.25, 0.3) is 0 Å². The van der Waals surface area contributed by atoms with Gasteiger partial charge < -0.3 is 0 Å². The predicted molar refractivity (Wildman–Crippen MR) is 59.7 cm³/mol. The van der Waals surface area contributed by atoms with Gasteiger partial charge in [-0.15, -0.1) is 5.10 Å². The topological polar surface area (TPSA) is 51.0 Å². The first-order valence-corrected chi connectivity index (χ1v) is 5.73. The summed E-state index contributed by atoms with van der Waals surface area (Å²) in [6.07, 6.45) is 4.06. The predicted octanol–water partition coefficient (Wildman–Crippen LogP) is 0.616. The highest BCUT2D eigenvalue weighted by Crippen LogP contribution is 2.18. The highest BCUT2D eigenvalue weighted by atomic mass is 16.1. The average Bonchev–Trinajstić information content (AvgIpc) is 2.64. The van der Waals surface area contributed by atoms with Crippen molar-refractivity contribution in [2.24, 2.45) is 13.0 Å². The van der Waals surface area contributed by atoms with E-state index in [0.717, 1.165) is 38.2 Å². The van der Waals surface area contributed by atoms with E-state index in [9.17, 15) is 4.79 Å². The second-order valence-electron chi connectivity index (χ2n) is 4.57. The van der Waals surface area contributed by atoms with Crippen molar-refractivity contribution in [2.45, 2.75) is 26.3 Å². The van der Waals surface area contributed by atoms with E-state index in [0.29, 0.717) is 5.78 Å². The number of nitrogens with zero attached hydrogens (tertiary/aromatic N) is 4. The van der Waals surface area contributed by atoms with Crippen LogP contribution in [0.25, 0.3) is 0 Å². The second kappa shape index (κ2) is 4.74. The molecule has 0 N–H and O–H groups in total.